The summed E-state index contributed by atoms with van der Waals surface area (Å²) in [4.78, 5) is 3.04. The molecule has 0 atom stereocenters. The normalized spacial score (nSPS) is 10.7. The topological polar surface area (TPSA) is 41.6 Å². The van der Waals surface area contributed by atoms with E-state index < -0.39 is 0 Å². The van der Waals surface area contributed by atoms with E-state index in [0.717, 1.165) is 11.4 Å². The Kier molecular flexibility index (Phi) is 2.52. The number of thiol groups is 1. The quantitative estimate of drug-likeness (QED) is 0.724. The van der Waals surface area contributed by atoms with Gasteiger partial charge in [0, 0.05) is 5.56 Å². The van der Waals surface area contributed by atoms with Crippen LogP contribution in [0.15, 0.2) is 17.3 Å². The van der Waals surface area contributed by atoms with Gasteiger partial charge in [0.2, 0.25) is 0 Å². The third-order valence-electron chi connectivity index (χ3n) is 2.39. The summed E-state index contributed by atoms with van der Waals surface area (Å²) >= 11 is 4.11. The Balaban J connectivity index is 2.62. The van der Waals surface area contributed by atoms with Gasteiger partial charge >= 0.3 is 0 Å². The molecule has 78 valence electrons. The van der Waals surface area contributed by atoms with E-state index in [-0.39, 0.29) is 0 Å². The first kappa shape index (κ1) is 10.2. The Bertz CT molecular complexity index is 479. The van der Waals surface area contributed by atoms with E-state index in [9.17, 15) is 0 Å². The Labute approximate surface area is 94.4 Å². The van der Waals surface area contributed by atoms with Crippen LogP contribution in [0.5, 0.6) is 0 Å². The Hall–Kier alpha value is -1.29. The first-order valence-corrected chi connectivity index (χ1v) is 5.22. The van der Waals surface area contributed by atoms with Gasteiger partial charge in [0.05, 0.1) is 0 Å². The van der Waals surface area contributed by atoms with Crippen molar-refractivity contribution in [2.75, 3.05) is 0 Å². The molecule has 0 fully saturated rings. The van der Waals surface area contributed by atoms with Gasteiger partial charge in [0.15, 0.2) is 11.0 Å². The van der Waals surface area contributed by atoms with Crippen LogP contribution >= 0.6 is 12.6 Å². The zero-order chi connectivity index (χ0) is 11.0. The van der Waals surface area contributed by atoms with Gasteiger partial charge in [-0.05, 0) is 31.9 Å². The zero-order valence-electron chi connectivity index (χ0n) is 9.00. The molecular formula is C11H13N3S. The molecule has 0 saturated heterocycles. The number of H-pyrrole nitrogens is 1. The minimum absolute atomic E-state index is 0.546. The van der Waals surface area contributed by atoms with Gasteiger partial charge < -0.3 is 4.98 Å². The van der Waals surface area contributed by atoms with Crippen LogP contribution in [-0.4, -0.2) is 15.2 Å². The van der Waals surface area contributed by atoms with Crippen molar-refractivity contribution < 1.29 is 0 Å². The van der Waals surface area contributed by atoms with E-state index >= 15 is 0 Å². The molecule has 0 aliphatic rings. The largest absolute Gasteiger partial charge is 0.316 e. The molecule has 1 aromatic heterocycles. The van der Waals surface area contributed by atoms with Crippen molar-refractivity contribution in [1.82, 2.24) is 15.2 Å². The Morgan fingerprint density at radius 1 is 1.07 bits per heavy atom. The van der Waals surface area contributed by atoms with Crippen LogP contribution in [0.1, 0.15) is 16.7 Å². The van der Waals surface area contributed by atoms with Crippen LogP contribution in [0.4, 0.5) is 0 Å². The minimum Gasteiger partial charge on any atom is -0.316 e. The first-order valence-electron chi connectivity index (χ1n) is 4.78. The van der Waals surface area contributed by atoms with Crippen LogP contribution in [0.2, 0.25) is 0 Å². The van der Waals surface area contributed by atoms with Crippen molar-refractivity contribution in [2.24, 2.45) is 0 Å². The van der Waals surface area contributed by atoms with Crippen LogP contribution in [0, 0.1) is 20.8 Å². The maximum Gasteiger partial charge on any atom is 0.185 e. The van der Waals surface area contributed by atoms with Gasteiger partial charge in [-0.1, -0.05) is 17.7 Å². The predicted molar refractivity (Wildman–Crippen MR) is 63.3 cm³/mol. The summed E-state index contributed by atoms with van der Waals surface area (Å²) < 4.78 is 0. The molecule has 0 spiro atoms. The van der Waals surface area contributed by atoms with Crippen molar-refractivity contribution in [3.63, 3.8) is 0 Å². The summed E-state index contributed by atoms with van der Waals surface area (Å²) in [5.74, 6) is 0.787. The van der Waals surface area contributed by atoms with E-state index in [1.807, 2.05) is 0 Å². The summed E-state index contributed by atoms with van der Waals surface area (Å²) in [6.45, 7) is 6.25. The molecule has 0 unspecified atom stereocenters. The van der Waals surface area contributed by atoms with Crippen molar-refractivity contribution >= 4 is 12.6 Å². The number of nitrogens with zero attached hydrogens (tertiary/aromatic N) is 2. The number of aryl methyl sites for hydroxylation is 3. The highest BCUT2D eigenvalue weighted by Gasteiger charge is 2.10. The fourth-order valence-corrected chi connectivity index (χ4v) is 2.07. The lowest BCUT2D eigenvalue weighted by molar-refractivity contribution is 0.980. The van der Waals surface area contributed by atoms with Crippen LogP contribution in [0.25, 0.3) is 11.4 Å². The monoisotopic (exact) mass is 219 g/mol. The van der Waals surface area contributed by atoms with Gasteiger partial charge in [-0.15, -0.1) is 22.8 Å². The molecule has 0 saturated carbocycles. The van der Waals surface area contributed by atoms with Gasteiger partial charge in [-0.2, -0.15) is 0 Å². The third-order valence-corrected chi connectivity index (χ3v) is 2.59. The Morgan fingerprint density at radius 2 is 1.67 bits per heavy atom. The molecule has 4 heteroatoms. The molecular weight excluding hydrogens is 206 g/mol. The summed E-state index contributed by atoms with van der Waals surface area (Å²) in [5.41, 5.74) is 4.79. The molecule has 1 aromatic carbocycles. The molecule has 0 radical (unpaired) electrons. The van der Waals surface area contributed by atoms with Crippen molar-refractivity contribution in [3.05, 3.63) is 28.8 Å². The molecule has 1 N–H and O–H groups in total. The molecule has 0 aliphatic carbocycles. The second-order valence-electron chi connectivity index (χ2n) is 3.77. The number of hydrogen-bond donors (Lipinski definition) is 2. The lowest BCUT2D eigenvalue weighted by Crippen LogP contribution is -1.91. The number of benzene rings is 1. The molecule has 0 aliphatic heterocycles. The van der Waals surface area contributed by atoms with E-state index in [1.165, 1.54) is 16.7 Å². The van der Waals surface area contributed by atoms with E-state index in [4.69, 9.17) is 0 Å². The second kappa shape index (κ2) is 3.70. The highest BCUT2D eigenvalue weighted by molar-refractivity contribution is 7.80. The lowest BCUT2D eigenvalue weighted by atomic mass is 9.99. The number of rotatable bonds is 1. The fraction of sp³-hybridized carbons (Fsp3) is 0.273. The average molecular weight is 219 g/mol. The number of aromatic nitrogens is 3. The smallest absolute Gasteiger partial charge is 0.185 e. The first-order chi connectivity index (χ1) is 7.08. The molecule has 3 nitrogen and oxygen atoms in total. The molecule has 15 heavy (non-hydrogen) atoms. The number of aromatic amines is 1. The fourth-order valence-electron chi connectivity index (χ4n) is 1.92. The van der Waals surface area contributed by atoms with Crippen molar-refractivity contribution in [3.8, 4) is 11.4 Å². The molecule has 1 heterocycles. The molecule has 2 aromatic rings. The van der Waals surface area contributed by atoms with Crippen LogP contribution < -0.4 is 0 Å². The van der Waals surface area contributed by atoms with Crippen molar-refractivity contribution in [1.29, 1.82) is 0 Å². The number of nitrogens with one attached hydrogen (secondary N) is 1. The molecule has 0 amide bonds. The van der Waals surface area contributed by atoms with E-state index in [2.05, 4.69) is 60.7 Å². The van der Waals surface area contributed by atoms with E-state index in [0.29, 0.717) is 5.16 Å². The van der Waals surface area contributed by atoms with Crippen molar-refractivity contribution in [2.45, 2.75) is 25.9 Å². The maximum atomic E-state index is 4.11. The minimum atomic E-state index is 0.546. The average Bonchev–Trinajstić information content (AvgIpc) is 2.49. The molecule has 2 rings (SSSR count). The summed E-state index contributed by atoms with van der Waals surface area (Å²) in [6.07, 6.45) is 0. The number of hydrogen-bond acceptors (Lipinski definition) is 3. The van der Waals surface area contributed by atoms with Gasteiger partial charge in [0.25, 0.3) is 0 Å². The zero-order valence-corrected chi connectivity index (χ0v) is 9.89. The standard InChI is InChI=1S/C11H13N3S/c1-6-4-7(2)9(8(3)5-6)10-12-11(15)14-13-10/h4-5H,1-3H3,(H2,12,13,14,15). The summed E-state index contributed by atoms with van der Waals surface area (Å²) in [7, 11) is 0. The summed E-state index contributed by atoms with van der Waals surface area (Å²) in [6, 6.07) is 4.28. The van der Waals surface area contributed by atoms with Gasteiger partial charge in [-0.25, -0.2) is 0 Å². The Morgan fingerprint density at radius 3 is 2.13 bits per heavy atom. The van der Waals surface area contributed by atoms with E-state index in [1.54, 1.807) is 0 Å². The SMILES string of the molecule is Cc1cc(C)c(-c2nnc(S)[nH]2)c(C)c1. The highest BCUT2D eigenvalue weighted by Crippen LogP contribution is 2.25. The maximum absolute atomic E-state index is 4.11. The van der Waals surface area contributed by atoms with Gasteiger partial charge in [0.1, 0.15) is 0 Å². The van der Waals surface area contributed by atoms with Crippen LogP contribution in [-0.2, 0) is 0 Å². The van der Waals surface area contributed by atoms with Gasteiger partial charge in [-0.3, -0.25) is 0 Å². The third kappa shape index (κ3) is 1.90. The molecule has 0 bridgehead atoms. The highest BCUT2D eigenvalue weighted by atomic mass is 32.1. The lowest BCUT2D eigenvalue weighted by Gasteiger charge is -2.07. The summed E-state index contributed by atoms with van der Waals surface area (Å²) in [5, 5.41) is 8.46. The predicted octanol–water partition coefficient (Wildman–Crippen LogP) is 2.69. The van der Waals surface area contributed by atoms with Crippen LogP contribution in [0.3, 0.4) is 0 Å². The second-order valence-corrected chi connectivity index (χ2v) is 4.19.